The normalized spacial score (nSPS) is 20.7. The van der Waals surface area contributed by atoms with Crippen LogP contribution in [0.2, 0.25) is 0 Å². The molecule has 7 nitrogen and oxygen atoms in total. The zero-order chi connectivity index (χ0) is 15.7. The van der Waals surface area contributed by atoms with Crippen LogP contribution in [0.1, 0.15) is 47.5 Å². The quantitative estimate of drug-likeness (QED) is 0.893. The number of aromatic amines is 1. The van der Waals surface area contributed by atoms with Crippen molar-refractivity contribution in [1.82, 2.24) is 25.1 Å². The second kappa shape index (κ2) is 5.92. The third kappa shape index (κ3) is 2.76. The molecule has 2 aromatic rings. The van der Waals surface area contributed by atoms with E-state index in [0.717, 1.165) is 17.1 Å². The Morgan fingerprint density at radius 1 is 1.55 bits per heavy atom. The lowest BCUT2D eigenvalue weighted by atomic mass is 9.99. The summed E-state index contributed by atoms with van der Waals surface area (Å²) < 4.78 is 7.73. The monoisotopic (exact) mass is 303 g/mol. The Kier molecular flexibility index (Phi) is 3.98. The van der Waals surface area contributed by atoms with Crippen molar-refractivity contribution >= 4 is 5.91 Å². The van der Waals surface area contributed by atoms with Gasteiger partial charge in [-0.3, -0.25) is 9.89 Å². The zero-order valence-electron chi connectivity index (χ0n) is 13.1. The molecule has 7 heteroatoms. The highest BCUT2D eigenvalue weighted by Crippen LogP contribution is 2.29. The van der Waals surface area contributed by atoms with Crippen LogP contribution in [0, 0.1) is 6.92 Å². The molecule has 2 aromatic heterocycles. The van der Waals surface area contributed by atoms with E-state index in [0.29, 0.717) is 25.2 Å². The Morgan fingerprint density at radius 2 is 2.36 bits per heavy atom. The third-order valence-electron chi connectivity index (χ3n) is 4.01. The highest BCUT2D eigenvalue weighted by atomic mass is 16.5. The molecule has 0 radical (unpaired) electrons. The first kappa shape index (κ1) is 14.8. The van der Waals surface area contributed by atoms with Crippen LogP contribution in [-0.2, 0) is 17.7 Å². The van der Waals surface area contributed by atoms with Crippen LogP contribution in [0.25, 0.3) is 0 Å². The van der Waals surface area contributed by atoms with Gasteiger partial charge in [0.2, 0.25) is 0 Å². The predicted octanol–water partition coefficient (Wildman–Crippen LogP) is 1.37. The minimum absolute atomic E-state index is 0.0543. The van der Waals surface area contributed by atoms with Crippen LogP contribution in [0.4, 0.5) is 0 Å². The SMILES string of the molecule is Cc1nccn1CCNC(=O)c1n[nH]c2c1C[C@@H](C)O[C@H]2C. The maximum atomic E-state index is 12.3. The minimum atomic E-state index is -0.142. The summed E-state index contributed by atoms with van der Waals surface area (Å²) in [5, 5.41) is 10.0. The number of hydrogen-bond donors (Lipinski definition) is 2. The van der Waals surface area contributed by atoms with E-state index in [2.05, 4.69) is 20.5 Å². The predicted molar refractivity (Wildman–Crippen MR) is 80.6 cm³/mol. The Morgan fingerprint density at radius 3 is 3.09 bits per heavy atom. The topological polar surface area (TPSA) is 84.8 Å². The Balaban J connectivity index is 1.65. The van der Waals surface area contributed by atoms with E-state index in [1.807, 2.05) is 31.5 Å². The van der Waals surface area contributed by atoms with E-state index < -0.39 is 0 Å². The van der Waals surface area contributed by atoms with Gasteiger partial charge in [0.25, 0.3) is 5.91 Å². The van der Waals surface area contributed by atoms with Gasteiger partial charge in [-0.2, -0.15) is 5.10 Å². The number of aromatic nitrogens is 4. The fourth-order valence-electron chi connectivity index (χ4n) is 2.88. The molecule has 0 spiro atoms. The minimum Gasteiger partial charge on any atom is -0.369 e. The van der Waals surface area contributed by atoms with Gasteiger partial charge in [-0.05, 0) is 20.8 Å². The Labute approximate surface area is 129 Å². The van der Waals surface area contributed by atoms with Crippen LogP contribution in [0.15, 0.2) is 12.4 Å². The number of nitrogens with one attached hydrogen (secondary N) is 2. The molecule has 3 rings (SSSR count). The van der Waals surface area contributed by atoms with E-state index in [4.69, 9.17) is 4.74 Å². The van der Waals surface area contributed by atoms with Crippen molar-refractivity contribution in [3.05, 3.63) is 35.2 Å². The fraction of sp³-hybridized carbons (Fsp3) is 0.533. The molecule has 0 unspecified atom stereocenters. The standard InChI is InChI=1S/C15H21N5O2/c1-9-8-12-13(10(2)22-9)18-19-14(12)15(21)17-5-7-20-6-4-16-11(20)3/h4,6,9-10H,5,7-8H2,1-3H3,(H,17,21)(H,18,19)/t9-,10+/m1/s1. The molecule has 0 bridgehead atoms. The van der Waals surface area contributed by atoms with Crippen molar-refractivity contribution in [2.45, 2.75) is 45.9 Å². The van der Waals surface area contributed by atoms with E-state index in [9.17, 15) is 4.79 Å². The highest BCUT2D eigenvalue weighted by Gasteiger charge is 2.29. The number of H-pyrrole nitrogens is 1. The molecule has 22 heavy (non-hydrogen) atoms. The molecular formula is C15H21N5O2. The maximum absolute atomic E-state index is 12.3. The molecule has 3 heterocycles. The number of rotatable bonds is 4. The van der Waals surface area contributed by atoms with E-state index in [1.54, 1.807) is 6.20 Å². The Bertz CT molecular complexity index is 675. The molecule has 0 saturated carbocycles. The number of nitrogens with zero attached hydrogens (tertiary/aromatic N) is 3. The third-order valence-corrected chi connectivity index (χ3v) is 4.01. The van der Waals surface area contributed by atoms with Gasteiger partial charge in [0.05, 0.1) is 17.9 Å². The molecule has 0 saturated heterocycles. The molecule has 0 aliphatic carbocycles. The van der Waals surface area contributed by atoms with Gasteiger partial charge in [-0.1, -0.05) is 0 Å². The van der Waals surface area contributed by atoms with Gasteiger partial charge < -0.3 is 14.6 Å². The molecule has 0 fully saturated rings. The summed E-state index contributed by atoms with van der Waals surface area (Å²) in [6, 6.07) is 0. The van der Waals surface area contributed by atoms with Gasteiger partial charge >= 0.3 is 0 Å². The lowest BCUT2D eigenvalue weighted by Crippen LogP contribution is -2.30. The second-order valence-electron chi connectivity index (χ2n) is 5.68. The Hall–Kier alpha value is -2.15. The molecule has 118 valence electrons. The summed E-state index contributed by atoms with van der Waals surface area (Å²) in [6.45, 7) is 7.15. The summed E-state index contributed by atoms with van der Waals surface area (Å²) in [5.74, 6) is 0.794. The van der Waals surface area contributed by atoms with Crippen LogP contribution < -0.4 is 5.32 Å². The van der Waals surface area contributed by atoms with Gasteiger partial charge in [0, 0.05) is 37.5 Å². The highest BCUT2D eigenvalue weighted by molar-refractivity contribution is 5.94. The summed E-state index contributed by atoms with van der Waals surface area (Å²) in [7, 11) is 0. The van der Waals surface area contributed by atoms with Crippen LogP contribution >= 0.6 is 0 Å². The van der Waals surface area contributed by atoms with Crippen LogP contribution in [-0.4, -0.2) is 38.3 Å². The van der Waals surface area contributed by atoms with E-state index in [-0.39, 0.29) is 18.1 Å². The van der Waals surface area contributed by atoms with Gasteiger partial charge in [0.15, 0.2) is 5.69 Å². The molecule has 1 aliphatic rings. The lowest BCUT2D eigenvalue weighted by Gasteiger charge is -2.25. The number of aryl methyl sites for hydroxylation is 1. The number of carbonyl (C=O) groups is 1. The number of ether oxygens (including phenoxy) is 1. The summed E-state index contributed by atoms with van der Waals surface area (Å²) >= 11 is 0. The van der Waals surface area contributed by atoms with Gasteiger partial charge in [0.1, 0.15) is 5.82 Å². The van der Waals surface area contributed by atoms with Crippen molar-refractivity contribution in [1.29, 1.82) is 0 Å². The first-order chi connectivity index (χ1) is 10.6. The van der Waals surface area contributed by atoms with Crippen molar-refractivity contribution in [3.63, 3.8) is 0 Å². The lowest BCUT2D eigenvalue weighted by molar-refractivity contribution is -0.00697. The molecule has 1 amide bonds. The van der Waals surface area contributed by atoms with Crippen molar-refractivity contribution < 1.29 is 9.53 Å². The number of amides is 1. The molecule has 2 atom stereocenters. The first-order valence-corrected chi connectivity index (χ1v) is 7.54. The average Bonchev–Trinajstić information content (AvgIpc) is 3.05. The van der Waals surface area contributed by atoms with Crippen molar-refractivity contribution in [3.8, 4) is 0 Å². The van der Waals surface area contributed by atoms with E-state index >= 15 is 0 Å². The van der Waals surface area contributed by atoms with E-state index in [1.165, 1.54) is 0 Å². The first-order valence-electron chi connectivity index (χ1n) is 7.54. The molecule has 2 N–H and O–H groups in total. The summed E-state index contributed by atoms with van der Waals surface area (Å²) in [6.07, 6.45) is 4.41. The maximum Gasteiger partial charge on any atom is 0.272 e. The number of carbonyl (C=O) groups excluding carboxylic acids is 1. The number of imidazole rings is 1. The van der Waals surface area contributed by atoms with Crippen molar-refractivity contribution in [2.75, 3.05) is 6.54 Å². The number of fused-ring (bicyclic) bond motifs is 1. The van der Waals surface area contributed by atoms with Gasteiger partial charge in [-0.15, -0.1) is 0 Å². The zero-order valence-corrected chi connectivity index (χ0v) is 13.1. The second-order valence-corrected chi connectivity index (χ2v) is 5.68. The van der Waals surface area contributed by atoms with Crippen LogP contribution in [0.3, 0.4) is 0 Å². The number of hydrogen-bond acceptors (Lipinski definition) is 4. The van der Waals surface area contributed by atoms with Crippen molar-refractivity contribution in [2.24, 2.45) is 0 Å². The van der Waals surface area contributed by atoms with Gasteiger partial charge in [-0.25, -0.2) is 4.98 Å². The average molecular weight is 303 g/mol. The van der Waals surface area contributed by atoms with Crippen LogP contribution in [0.5, 0.6) is 0 Å². The summed E-state index contributed by atoms with van der Waals surface area (Å²) in [4.78, 5) is 16.5. The smallest absolute Gasteiger partial charge is 0.272 e. The molecular weight excluding hydrogens is 282 g/mol. The molecule has 1 aliphatic heterocycles. The fourth-order valence-corrected chi connectivity index (χ4v) is 2.88. The molecule has 0 aromatic carbocycles. The summed E-state index contributed by atoms with van der Waals surface area (Å²) in [5.41, 5.74) is 2.37. The largest absolute Gasteiger partial charge is 0.369 e.